The molecule has 2 amide bonds. The number of hydrogen-bond acceptors (Lipinski definition) is 2. The van der Waals surface area contributed by atoms with E-state index < -0.39 is 15.6 Å². The van der Waals surface area contributed by atoms with Crippen LogP contribution in [0.1, 0.15) is 395 Å². The van der Waals surface area contributed by atoms with Gasteiger partial charge in [0.2, 0.25) is 11.8 Å². The number of halogens is 12. The van der Waals surface area contributed by atoms with Crippen LogP contribution < -0.4 is 9.13 Å². The second-order valence-corrected chi connectivity index (χ2v) is 33.4. The van der Waals surface area contributed by atoms with Gasteiger partial charge in [0.1, 0.15) is 0 Å². The molecule has 2 rings (SSSR count). The van der Waals surface area contributed by atoms with Crippen molar-refractivity contribution >= 4 is 27.4 Å². The van der Waals surface area contributed by atoms with Gasteiger partial charge in [0.15, 0.2) is 35.9 Å². The minimum atomic E-state index is -10.7. The number of aromatic nitrogens is 2. The molecule has 0 saturated heterocycles. The summed E-state index contributed by atoms with van der Waals surface area (Å²) in [6, 6.07) is 9.58. The summed E-state index contributed by atoms with van der Waals surface area (Å²) in [4.78, 5) is 33.0. The molecular weight excluding hydrogens is 1340 g/mol. The molecule has 0 atom stereocenters. The molecule has 2 aromatic rings. The Hall–Kier alpha value is -2.74. The number of hydrogen-bond donors (Lipinski definition) is 0. The van der Waals surface area contributed by atoms with Crippen molar-refractivity contribution in [3.8, 4) is 0 Å². The molecule has 0 spiro atoms. The zero-order chi connectivity index (χ0) is 75.0. The van der Waals surface area contributed by atoms with Crippen molar-refractivity contribution in [1.29, 1.82) is 0 Å². The van der Waals surface area contributed by atoms with Crippen LogP contribution in [0.4, 0.5) is 50.4 Å². The fourth-order valence-electron chi connectivity index (χ4n) is 13.7. The normalized spacial score (nSPS) is 13.2. The monoisotopic (exact) mass is 1490 g/mol. The average Bonchev–Trinajstić information content (AvgIpc) is 0.798. The fourth-order valence-corrected chi connectivity index (χ4v) is 13.7. The summed E-state index contributed by atoms with van der Waals surface area (Å²) in [6.45, 7) is 23.4. The molecule has 0 aromatic carbocycles. The molecule has 0 N–H and O–H groups in total. The van der Waals surface area contributed by atoms with Gasteiger partial charge in [-0.25, -0.2) is 0 Å². The molecule has 0 saturated carbocycles. The Labute approximate surface area is 603 Å². The van der Waals surface area contributed by atoms with Gasteiger partial charge in [0.25, 0.3) is 0 Å². The molecular formula is C80H148F12N4O2P2. The number of aryl methyl sites for hydroxylation is 6. The van der Waals surface area contributed by atoms with Crippen LogP contribution in [0.15, 0.2) is 24.3 Å². The maximum atomic E-state index is 14.3. The van der Waals surface area contributed by atoms with Gasteiger partial charge in [-0.2, -0.15) is 9.13 Å². The third-order valence-corrected chi connectivity index (χ3v) is 19.2. The quantitative estimate of drug-likeness (QED) is 0.0287. The van der Waals surface area contributed by atoms with E-state index in [0.717, 1.165) is 103 Å². The average molecular weight is 1490 g/mol. The van der Waals surface area contributed by atoms with Crippen LogP contribution in [0.5, 0.6) is 0 Å². The third kappa shape index (κ3) is 69.6. The van der Waals surface area contributed by atoms with Crippen LogP contribution >= 0.6 is 15.6 Å². The molecule has 0 aliphatic rings. The van der Waals surface area contributed by atoms with E-state index in [1.807, 2.05) is 0 Å². The molecule has 594 valence electrons. The van der Waals surface area contributed by atoms with Crippen LogP contribution in [0, 0.1) is 27.7 Å². The van der Waals surface area contributed by atoms with E-state index in [1.54, 1.807) is 0 Å². The van der Waals surface area contributed by atoms with Crippen LogP contribution in [0.3, 0.4) is 0 Å². The first-order valence-corrected chi connectivity index (χ1v) is 44.8. The standard InChI is InChI=1S/C80H148N4O2.2F6P/c1-9-13-17-21-25-29-33-37-39-43-47-51-59-77-71-73(5)69-75(7)83(77)67-57-65-81(79(85)61-53-49-45-41-35-31-27-23-19-15-11-3)63-55-56-64-82(80(86)62-54-50-46-42-36-32-28-24-20-16-12-4)66-58-68-84-76(8)70-74(6)72-78(84)60-52-48-44-40-38-34-30-26-22-18-14-10-2;2*1-7(2,3,4,5)6/h69-72H,9-68H2,1-8H3;;/q+2;2*-1. The van der Waals surface area contributed by atoms with E-state index in [9.17, 15) is 60.0 Å². The molecule has 2 aromatic heterocycles. The Kier molecular flexibility index (Phi) is 52.5. The van der Waals surface area contributed by atoms with Crippen LogP contribution in [-0.4, -0.2) is 47.8 Å². The predicted octanol–water partition coefficient (Wildman–Crippen LogP) is 30.1. The topological polar surface area (TPSA) is 48.4 Å². The zero-order valence-corrected chi connectivity index (χ0v) is 66.6. The first kappa shape index (κ1) is 97.3. The zero-order valence-electron chi connectivity index (χ0n) is 64.8. The number of rotatable bonds is 63. The summed E-state index contributed by atoms with van der Waals surface area (Å²) >= 11 is 0. The fraction of sp³-hybridized carbons (Fsp3) is 0.850. The third-order valence-electron chi connectivity index (χ3n) is 19.2. The SMILES string of the molecule is CCCCCCCCCCCCCCc1cc(C)cc(C)[n+]1CCCN(CCCCN(CCC[n+]1c(C)cc(C)cc1CCCCCCCCCCCCCC)C(=O)CCCCCCCCCCCCC)C(=O)CCCCCCCCCCCCC.F[P-](F)(F)(F)(F)F.F[P-](F)(F)(F)(F)F. The summed E-state index contributed by atoms with van der Waals surface area (Å²) in [5.74, 6) is 0.690. The van der Waals surface area contributed by atoms with Gasteiger partial charge in [-0.05, 0) is 63.5 Å². The second kappa shape index (κ2) is 53.9. The van der Waals surface area contributed by atoms with Crippen molar-refractivity contribution in [2.24, 2.45) is 0 Å². The van der Waals surface area contributed by atoms with Gasteiger partial charge in [0, 0.05) is 103 Å². The Balaban J connectivity index is 0.00000628. The maximum absolute atomic E-state index is 14.3. The van der Waals surface area contributed by atoms with Crippen molar-refractivity contribution in [3.05, 3.63) is 58.2 Å². The number of amides is 2. The van der Waals surface area contributed by atoms with Crippen LogP contribution in [0.2, 0.25) is 0 Å². The first-order valence-electron chi connectivity index (χ1n) is 40.7. The molecule has 20 heteroatoms. The molecule has 6 nitrogen and oxygen atoms in total. The summed E-state index contributed by atoms with van der Waals surface area (Å²) in [6.07, 6.45) is 69.1. The molecule has 0 aliphatic carbocycles. The van der Waals surface area contributed by atoms with Gasteiger partial charge in [-0.15, -0.1) is 0 Å². The minimum absolute atomic E-state index is 0.345. The van der Waals surface area contributed by atoms with E-state index in [4.69, 9.17) is 0 Å². The molecule has 100 heavy (non-hydrogen) atoms. The second-order valence-electron chi connectivity index (χ2n) is 29.6. The Morgan fingerprint density at radius 1 is 0.280 bits per heavy atom. The Bertz CT molecular complexity index is 2180. The Morgan fingerprint density at radius 2 is 0.470 bits per heavy atom. The van der Waals surface area contributed by atoms with E-state index in [0.29, 0.717) is 24.7 Å². The van der Waals surface area contributed by atoms with Crippen LogP contribution in [0.25, 0.3) is 0 Å². The van der Waals surface area contributed by atoms with Crippen molar-refractivity contribution in [2.75, 3.05) is 26.2 Å². The molecule has 0 aliphatic heterocycles. The van der Waals surface area contributed by atoms with Crippen molar-refractivity contribution in [1.82, 2.24) is 9.80 Å². The molecule has 0 unspecified atom stereocenters. The van der Waals surface area contributed by atoms with E-state index in [-0.39, 0.29) is 0 Å². The van der Waals surface area contributed by atoms with Crippen molar-refractivity contribution in [3.63, 3.8) is 0 Å². The summed E-state index contributed by atoms with van der Waals surface area (Å²) in [5.41, 5.74) is 8.37. The number of pyridine rings is 2. The number of nitrogens with zero attached hydrogens (tertiary/aromatic N) is 4. The van der Waals surface area contributed by atoms with Gasteiger partial charge in [-0.1, -0.05) is 297 Å². The van der Waals surface area contributed by atoms with E-state index >= 15 is 0 Å². The summed E-state index contributed by atoms with van der Waals surface area (Å²) in [7, 11) is -21.3. The predicted molar refractivity (Wildman–Crippen MR) is 403 cm³/mol. The van der Waals surface area contributed by atoms with Gasteiger partial charge in [-0.3, -0.25) is 9.59 Å². The van der Waals surface area contributed by atoms with E-state index in [1.165, 1.54) is 304 Å². The molecule has 0 bridgehead atoms. The van der Waals surface area contributed by atoms with Gasteiger partial charge in [0.05, 0.1) is 0 Å². The van der Waals surface area contributed by atoms with Crippen LogP contribution in [-0.2, 0) is 35.5 Å². The first-order chi connectivity index (χ1) is 47.0. The van der Waals surface area contributed by atoms with Gasteiger partial charge < -0.3 is 9.80 Å². The summed E-state index contributed by atoms with van der Waals surface area (Å²) in [5, 5.41) is 0. The number of carbonyl (C=O) groups is 2. The van der Waals surface area contributed by atoms with Gasteiger partial charge >= 0.3 is 66.0 Å². The number of carbonyl (C=O) groups excluding carboxylic acids is 2. The molecule has 0 radical (unpaired) electrons. The molecule has 2 heterocycles. The summed E-state index contributed by atoms with van der Waals surface area (Å²) < 4.78 is 124. The van der Waals surface area contributed by atoms with Crippen molar-refractivity contribution in [2.45, 2.75) is 415 Å². The Morgan fingerprint density at radius 3 is 0.690 bits per heavy atom. The number of unbranched alkanes of at least 4 members (excludes halogenated alkanes) is 43. The van der Waals surface area contributed by atoms with Crippen molar-refractivity contribution < 1.29 is 69.1 Å². The molecule has 0 fully saturated rings. The van der Waals surface area contributed by atoms with E-state index in [2.05, 4.69) is 98.6 Å².